The minimum Gasteiger partial charge on any atom is -0.491 e. The molecule has 0 unspecified atom stereocenters. The van der Waals surface area contributed by atoms with Crippen molar-refractivity contribution in [1.29, 1.82) is 0 Å². The third-order valence-corrected chi connectivity index (χ3v) is 3.54. The second-order valence-electron chi connectivity index (χ2n) is 5.50. The summed E-state index contributed by atoms with van der Waals surface area (Å²) in [6.07, 6.45) is 0.753. The topological polar surface area (TPSA) is 96.9 Å². The standard InChI is InChI=1S/C19H22N2O5/c1-25-11-4-12-26-17-6-3-2-5-16(17)21-19(24)20-13-14-7-9-15(10-8-14)18(22)23/h2-3,5-10H,4,11-13H2,1H3,(H,22,23)(H2,20,21,24). The van der Waals surface area contributed by atoms with E-state index in [0.717, 1.165) is 12.0 Å². The van der Waals surface area contributed by atoms with Crippen LogP contribution < -0.4 is 15.4 Å². The number of anilines is 1. The maximum Gasteiger partial charge on any atom is 0.335 e. The van der Waals surface area contributed by atoms with Gasteiger partial charge >= 0.3 is 12.0 Å². The summed E-state index contributed by atoms with van der Waals surface area (Å²) in [7, 11) is 1.63. The number of hydrogen-bond donors (Lipinski definition) is 3. The first-order valence-electron chi connectivity index (χ1n) is 8.18. The van der Waals surface area contributed by atoms with Crippen molar-refractivity contribution >= 4 is 17.7 Å². The lowest BCUT2D eigenvalue weighted by Gasteiger charge is -2.13. The van der Waals surface area contributed by atoms with E-state index < -0.39 is 5.97 Å². The van der Waals surface area contributed by atoms with Crippen molar-refractivity contribution in [1.82, 2.24) is 5.32 Å². The molecule has 0 saturated heterocycles. The van der Waals surface area contributed by atoms with Gasteiger partial charge in [0.2, 0.25) is 0 Å². The number of urea groups is 1. The number of carbonyl (C=O) groups is 2. The molecule has 0 aromatic heterocycles. The number of carboxylic acid groups (broad SMARTS) is 1. The van der Waals surface area contributed by atoms with E-state index in [-0.39, 0.29) is 18.1 Å². The number of para-hydroxylation sites is 2. The van der Waals surface area contributed by atoms with E-state index in [1.807, 2.05) is 12.1 Å². The third kappa shape index (κ3) is 6.10. The van der Waals surface area contributed by atoms with Gasteiger partial charge in [0.05, 0.1) is 17.9 Å². The molecule has 0 fully saturated rings. The zero-order chi connectivity index (χ0) is 18.8. The lowest BCUT2D eigenvalue weighted by molar-refractivity contribution is 0.0697. The molecule has 3 N–H and O–H groups in total. The summed E-state index contributed by atoms with van der Waals surface area (Å²) in [6.45, 7) is 1.38. The average Bonchev–Trinajstić information content (AvgIpc) is 2.65. The van der Waals surface area contributed by atoms with Crippen LogP contribution in [0.25, 0.3) is 0 Å². The Labute approximate surface area is 151 Å². The number of carbonyl (C=O) groups excluding carboxylic acids is 1. The molecule has 2 amide bonds. The molecule has 0 bridgehead atoms. The van der Waals surface area contributed by atoms with E-state index >= 15 is 0 Å². The Morgan fingerprint density at radius 2 is 1.77 bits per heavy atom. The normalized spacial score (nSPS) is 10.2. The maximum atomic E-state index is 12.1. The van der Waals surface area contributed by atoms with Gasteiger partial charge in [-0.2, -0.15) is 0 Å². The van der Waals surface area contributed by atoms with E-state index in [9.17, 15) is 9.59 Å². The molecular formula is C19H22N2O5. The molecule has 0 heterocycles. The van der Waals surface area contributed by atoms with Gasteiger partial charge in [-0.1, -0.05) is 24.3 Å². The maximum absolute atomic E-state index is 12.1. The molecule has 0 aliphatic carbocycles. The molecule has 26 heavy (non-hydrogen) atoms. The van der Waals surface area contributed by atoms with Crippen LogP contribution in [0.2, 0.25) is 0 Å². The summed E-state index contributed by atoms with van der Waals surface area (Å²) in [5.41, 5.74) is 1.58. The van der Waals surface area contributed by atoms with Gasteiger partial charge in [-0.15, -0.1) is 0 Å². The van der Waals surface area contributed by atoms with Crippen LogP contribution in [-0.2, 0) is 11.3 Å². The predicted molar refractivity (Wildman–Crippen MR) is 97.7 cm³/mol. The summed E-state index contributed by atoms with van der Waals surface area (Å²) < 4.78 is 10.6. The summed E-state index contributed by atoms with van der Waals surface area (Å²) in [5, 5.41) is 14.4. The molecule has 0 spiro atoms. The molecule has 0 saturated carbocycles. The molecule has 7 heteroatoms. The first kappa shape index (κ1) is 19.3. The van der Waals surface area contributed by atoms with Crippen molar-refractivity contribution < 1.29 is 24.2 Å². The van der Waals surface area contributed by atoms with Crippen LogP contribution in [-0.4, -0.2) is 37.4 Å². The SMILES string of the molecule is COCCCOc1ccccc1NC(=O)NCc1ccc(C(=O)O)cc1. The van der Waals surface area contributed by atoms with E-state index in [2.05, 4.69) is 10.6 Å². The first-order valence-corrected chi connectivity index (χ1v) is 8.18. The van der Waals surface area contributed by atoms with E-state index in [1.54, 1.807) is 31.4 Å². The number of aromatic carboxylic acids is 1. The highest BCUT2D eigenvalue weighted by Gasteiger charge is 2.08. The summed E-state index contributed by atoms with van der Waals surface area (Å²) in [5.74, 6) is -0.395. The largest absolute Gasteiger partial charge is 0.491 e. The van der Waals surface area contributed by atoms with Crippen molar-refractivity contribution in [3.05, 3.63) is 59.7 Å². The fourth-order valence-corrected chi connectivity index (χ4v) is 2.20. The number of methoxy groups -OCH3 is 1. The van der Waals surface area contributed by atoms with E-state index in [4.69, 9.17) is 14.6 Å². The van der Waals surface area contributed by atoms with Crippen LogP contribution in [0.4, 0.5) is 10.5 Å². The molecular weight excluding hydrogens is 336 g/mol. The zero-order valence-corrected chi connectivity index (χ0v) is 14.5. The minimum absolute atomic E-state index is 0.206. The van der Waals surface area contributed by atoms with Crippen molar-refractivity contribution in [3.8, 4) is 5.75 Å². The predicted octanol–water partition coefficient (Wildman–Crippen LogP) is 3.12. The van der Waals surface area contributed by atoms with Crippen LogP contribution in [0.3, 0.4) is 0 Å². The van der Waals surface area contributed by atoms with Crippen LogP contribution in [0.15, 0.2) is 48.5 Å². The Bertz CT molecular complexity index is 731. The van der Waals surface area contributed by atoms with Crippen molar-refractivity contribution in [2.75, 3.05) is 25.6 Å². The smallest absolute Gasteiger partial charge is 0.335 e. The van der Waals surface area contributed by atoms with Gasteiger partial charge in [-0.3, -0.25) is 0 Å². The van der Waals surface area contributed by atoms with Crippen molar-refractivity contribution in [2.24, 2.45) is 0 Å². The molecule has 2 rings (SSSR count). The van der Waals surface area contributed by atoms with Gasteiger partial charge in [0.25, 0.3) is 0 Å². The molecule has 2 aromatic rings. The molecule has 2 aromatic carbocycles. The van der Waals surface area contributed by atoms with Crippen LogP contribution in [0.1, 0.15) is 22.3 Å². The second-order valence-corrected chi connectivity index (χ2v) is 5.50. The Kier molecular flexibility index (Phi) is 7.45. The highest BCUT2D eigenvalue weighted by atomic mass is 16.5. The number of nitrogens with one attached hydrogen (secondary N) is 2. The average molecular weight is 358 g/mol. The Morgan fingerprint density at radius 1 is 1.04 bits per heavy atom. The number of amides is 2. The molecule has 0 aliphatic rings. The van der Waals surface area contributed by atoms with Crippen molar-refractivity contribution in [2.45, 2.75) is 13.0 Å². The lowest BCUT2D eigenvalue weighted by Crippen LogP contribution is -2.28. The molecule has 0 atom stereocenters. The number of rotatable bonds is 9. The number of benzene rings is 2. The lowest BCUT2D eigenvalue weighted by atomic mass is 10.1. The highest BCUT2D eigenvalue weighted by Crippen LogP contribution is 2.23. The summed E-state index contributed by atoms with van der Waals surface area (Å²) >= 11 is 0. The monoisotopic (exact) mass is 358 g/mol. The van der Waals surface area contributed by atoms with Gasteiger partial charge < -0.3 is 25.2 Å². The van der Waals surface area contributed by atoms with E-state index in [0.29, 0.717) is 24.7 Å². The van der Waals surface area contributed by atoms with Crippen molar-refractivity contribution in [3.63, 3.8) is 0 Å². The molecule has 0 radical (unpaired) electrons. The number of carboxylic acids is 1. The Hall–Kier alpha value is -3.06. The quantitative estimate of drug-likeness (QED) is 0.599. The van der Waals surface area contributed by atoms with Crippen LogP contribution in [0, 0.1) is 0 Å². The minimum atomic E-state index is -0.982. The Morgan fingerprint density at radius 3 is 2.46 bits per heavy atom. The summed E-state index contributed by atoms with van der Waals surface area (Å²) in [4.78, 5) is 22.9. The van der Waals surface area contributed by atoms with Gasteiger partial charge in [-0.05, 0) is 29.8 Å². The number of ether oxygens (including phenoxy) is 2. The summed E-state index contributed by atoms with van der Waals surface area (Å²) in [6, 6.07) is 13.1. The zero-order valence-electron chi connectivity index (χ0n) is 14.5. The van der Waals surface area contributed by atoms with E-state index in [1.165, 1.54) is 12.1 Å². The fourth-order valence-electron chi connectivity index (χ4n) is 2.20. The number of hydrogen-bond acceptors (Lipinski definition) is 4. The van der Waals surface area contributed by atoms with Gasteiger partial charge in [-0.25, -0.2) is 9.59 Å². The Balaban J connectivity index is 1.86. The first-order chi connectivity index (χ1) is 12.6. The van der Waals surface area contributed by atoms with Crippen LogP contribution >= 0.6 is 0 Å². The van der Waals surface area contributed by atoms with Gasteiger partial charge in [0.1, 0.15) is 5.75 Å². The second kappa shape index (κ2) is 10.0. The fraction of sp³-hybridized carbons (Fsp3) is 0.263. The molecule has 138 valence electrons. The van der Waals surface area contributed by atoms with Gasteiger partial charge in [0.15, 0.2) is 0 Å². The molecule has 7 nitrogen and oxygen atoms in total. The molecule has 0 aliphatic heterocycles. The van der Waals surface area contributed by atoms with Gasteiger partial charge in [0, 0.05) is 26.7 Å². The highest BCUT2D eigenvalue weighted by molar-refractivity contribution is 5.91. The van der Waals surface area contributed by atoms with Crippen LogP contribution in [0.5, 0.6) is 5.75 Å². The third-order valence-electron chi connectivity index (χ3n) is 3.54.